The molecule has 0 amide bonds. The van der Waals surface area contributed by atoms with Crippen molar-refractivity contribution in [3.63, 3.8) is 0 Å². The van der Waals surface area contributed by atoms with Gasteiger partial charge in [0.15, 0.2) is 17.3 Å². The van der Waals surface area contributed by atoms with Gasteiger partial charge >= 0.3 is 0 Å². The van der Waals surface area contributed by atoms with Crippen LogP contribution in [0, 0.1) is 22.7 Å². The number of fused-ring (bicyclic) bond motifs is 2. The molecule has 10 heteroatoms. The number of hydrogen-bond donors (Lipinski definition) is 3. The van der Waals surface area contributed by atoms with Gasteiger partial charge in [0, 0.05) is 12.5 Å². The summed E-state index contributed by atoms with van der Waals surface area (Å²) < 4.78 is 2.43. The summed E-state index contributed by atoms with van der Waals surface area (Å²) in [5.74, 6) is 1.01. The van der Waals surface area contributed by atoms with Crippen molar-refractivity contribution in [3.8, 4) is 16.8 Å². The number of anilines is 1. The highest BCUT2D eigenvalue weighted by Gasteiger charge is 2.72. The standard InChI is InChI=1S/C19H19ClN6O2S/c1-2-5-22-17-12-18(25-16(24-17)10-3-4-11(20)29-10)26(8-23-12)13-9-6-19(9,7-21)15(28)14(13)27/h3-4,8-9,13-15,27-28H,2,5-6H2,1H3,(H,22,24,25)/t9-,13-,14+,15+,19+/m1/s1. The molecule has 2 aliphatic carbocycles. The fourth-order valence-electron chi connectivity index (χ4n) is 4.40. The van der Waals surface area contributed by atoms with Crippen LogP contribution in [0.4, 0.5) is 5.82 Å². The Morgan fingerprint density at radius 2 is 2.24 bits per heavy atom. The molecule has 5 rings (SSSR count). The van der Waals surface area contributed by atoms with E-state index in [2.05, 4.69) is 28.3 Å². The second-order valence-corrected chi connectivity index (χ2v) is 9.35. The van der Waals surface area contributed by atoms with E-state index in [1.807, 2.05) is 6.07 Å². The Bertz CT molecular complexity index is 1140. The Hall–Kier alpha value is -2.25. The van der Waals surface area contributed by atoms with Gasteiger partial charge in [-0.05, 0) is 25.0 Å². The summed E-state index contributed by atoms with van der Waals surface area (Å²) in [7, 11) is 0. The number of aliphatic hydroxyl groups excluding tert-OH is 2. The normalized spacial score (nSPS) is 30.3. The van der Waals surface area contributed by atoms with Gasteiger partial charge in [-0.3, -0.25) is 0 Å². The smallest absolute Gasteiger partial charge is 0.174 e. The van der Waals surface area contributed by atoms with Crippen LogP contribution in [0.3, 0.4) is 0 Å². The summed E-state index contributed by atoms with van der Waals surface area (Å²) in [6, 6.07) is 5.43. The lowest BCUT2D eigenvalue weighted by Crippen LogP contribution is -2.33. The van der Waals surface area contributed by atoms with E-state index < -0.39 is 23.7 Å². The van der Waals surface area contributed by atoms with E-state index in [9.17, 15) is 15.5 Å². The highest BCUT2D eigenvalue weighted by atomic mass is 35.5. The maximum absolute atomic E-state index is 10.7. The molecule has 2 aliphatic rings. The number of nitriles is 1. The molecule has 3 aromatic rings. The van der Waals surface area contributed by atoms with Gasteiger partial charge in [0.1, 0.15) is 17.7 Å². The molecule has 0 spiro atoms. The van der Waals surface area contributed by atoms with E-state index in [-0.39, 0.29) is 5.92 Å². The molecule has 3 N–H and O–H groups in total. The lowest BCUT2D eigenvalue weighted by atomic mass is 10.0. The number of rotatable bonds is 5. The third-order valence-corrected chi connectivity index (χ3v) is 7.19. The van der Waals surface area contributed by atoms with Crippen LogP contribution >= 0.6 is 22.9 Å². The first-order valence-corrected chi connectivity index (χ1v) is 10.7. The zero-order valence-electron chi connectivity index (χ0n) is 15.6. The van der Waals surface area contributed by atoms with Gasteiger partial charge in [-0.25, -0.2) is 15.0 Å². The molecular weight excluding hydrogens is 412 g/mol. The Balaban J connectivity index is 1.65. The van der Waals surface area contributed by atoms with Gasteiger partial charge in [-0.2, -0.15) is 5.26 Å². The first kappa shape index (κ1) is 18.8. The third-order valence-electron chi connectivity index (χ3n) is 5.96. The Morgan fingerprint density at radius 3 is 2.90 bits per heavy atom. The first-order chi connectivity index (χ1) is 14.0. The van der Waals surface area contributed by atoms with E-state index in [0.29, 0.717) is 33.6 Å². The average Bonchev–Trinajstić information content (AvgIpc) is 2.97. The van der Waals surface area contributed by atoms with Crippen LogP contribution in [-0.2, 0) is 0 Å². The zero-order chi connectivity index (χ0) is 20.3. The minimum atomic E-state index is -1.07. The summed E-state index contributed by atoms with van der Waals surface area (Å²) in [4.78, 5) is 14.7. The van der Waals surface area contributed by atoms with Crippen LogP contribution in [0.15, 0.2) is 18.5 Å². The predicted molar refractivity (Wildman–Crippen MR) is 110 cm³/mol. The summed E-state index contributed by atoms with van der Waals surface area (Å²) in [6.45, 7) is 2.79. The Morgan fingerprint density at radius 1 is 1.41 bits per heavy atom. The number of aromatic nitrogens is 4. The fourth-order valence-corrected chi connectivity index (χ4v) is 5.38. The second-order valence-electron chi connectivity index (χ2n) is 7.64. The molecule has 29 heavy (non-hydrogen) atoms. The van der Waals surface area contributed by atoms with Gasteiger partial charge in [0.25, 0.3) is 0 Å². The minimum Gasteiger partial charge on any atom is -0.389 e. The quantitative estimate of drug-likeness (QED) is 0.569. The number of nitrogens with one attached hydrogen (secondary N) is 1. The molecule has 5 atom stereocenters. The number of aliphatic hydroxyl groups is 2. The number of imidazole rings is 1. The molecule has 0 saturated heterocycles. The van der Waals surface area contributed by atoms with Crippen molar-refractivity contribution >= 4 is 39.9 Å². The molecule has 0 radical (unpaired) electrons. The second kappa shape index (κ2) is 6.64. The molecule has 0 aromatic carbocycles. The summed E-state index contributed by atoms with van der Waals surface area (Å²) in [5, 5.41) is 33.9. The predicted octanol–water partition coefficient (Wildman–Crippen LogP) is 2.84. The van der Waals surface area contributed by atoms with Crippen LogP contribution in [0.1, 0.15) is 25.8 Å². The van der Waals surface area contributed by atoms with Crippen molar-refractivity contribution in [2.75, 3.05) is 11.9 Å². The lowest BCUT2D eigenvalue weighted by Gasteiger charge is -2.22. The number of halogens is 1. The van der Waals surface area contributed by atoms with Gasteiger partial charge in [0.2, 0.25) is 0 Å². The molecular formula is C19H19ClN6O2S. The zero-order valence-corrected chi connectivity index (χ0v) is 17.2. The van der Waals surface area contributed by atoms with Crippen molar-refractivity contribution < 1.29 is 10.2 Å². The first-order valence-electron chi connectivity index (χ1n) is 9.51. The number of thiophene rings is 1. The molecule has 150 valence electrons. The van der Waals surface area contributed by atoms with E-state index in [4.69, 9.17) is 16.6 Å². The maximum Gasteiger partial charge on any atom is 0.174 e. The molecule has 0 aliphatic heterocycles. The highest BCUT2D eigenvalue weighted by Crippen LogP contribution is 2.67. The summed E-state index contributed by atoms with van der Waals surface area (Å²) >= 11 is 7.48. The third kappa shape index (κ3) is 2.67. The van der Waals surface area contributed by atoms with Crippen LogP contribution in [0.2, 0.25) is 4.34 Å². The molecule has 2 saturated carbocycles. The molecule has 8 nitrogen and oxygen atoms in total. The topological polar surface area (TPSA) is 120 Å². The van der Waals surface area contributed by atoms with Gasteiger partial charge < -0.3 is 20.1 Å². The molecule has 3 heterocycles. The van der Waals surface area contributed by atoms with Crippen molar-refractivity contribution in [2.45, 2.75) is 38.0 Å². The Labute approximate surface area is 175 Å². The van der Waals surface area contributed by atoms with Crippen LogP contribution in [-0.4, -0.2) is 48.5 Å². The molecule has 0 unspecified atom stereocenters. The van der Waals surface area contributed by atoms with E-state index in [1.165, 1.54) is 11.3 Å². The summed E-state index contributed by atoms with van der Waals surface area (Å²) in [6.07, 6.45) is 0.981. The fraction of sp³-hybridized carbons (Fsp3) is 0.474. The molecule has 2 fully saturated rings. The molecule has 3 aromatic heterocycles. The number of nitrogens with zero attached hydrogens (tertiary/aromatic N) is 5. The van der Waals surface area contributed by atoms with Gasteiger partial charge in [0.05, 0.1) is 33.1 Å². The van der Waals surface area contributed by atoms with E-state index >= 15 is 0 Å². The lowest BCUT2D eigenvalue weighted by molar-refractivity contribution is -0.00675. The van der Waals surface area contributed by atoms with Crippen molar-refractivity contribution in [1.29, 1.82) is 5.26 Å². The summed E-state index contributed by atoms with van der Waals surface area (Å²) in [5.41, 5.74) is 0.290. The largest absolute Gasteiger partial charge is 0.389 e. The Kier molecular flexibility index (Phi) is 4.29. The highest BCUT2D eigenvalue weighted by molar-refractivity contribution is 7.19. The van der Waals surface area contributed by atoms with Crippen molar-refractivity contribution in [1.82, 2.24) is 19.5 Å². The minimum absolute atomic E-state index is 0.128. The molecule has 0 bridgehead atoms. The van der Waals surface area contributed by atoms with Crippen molar-refractivity contribution in [2.24, 2.45) is 11.3 Å². The van der Waals surface area contributed by atoms with E-state index in [0.717, 1.165) is 17.8 Å². The van der Waals surface area contributed by atoms with Gasteiger partial charge in [-0.1, -0.05) is 18.5 Å². The number of hydrogen-bond acceptors (Lipinski definition) is 8. The van der Waals surface area contributed by atoms with E-state index in [1.54, 1.807) is 17.0 Å². The van der Waals surface area contributed by atoms with Crippen LogP contribution < -0.4 is 5.32 Å². The van der Waals surface area contributed by atoms with Gasteiger partial charge in [-0.15, -0.1) is 11.3 Å². The average molecular weight is 431 g/mol. The SMILES string of the molecule is CCCNc1nc(-c2ccc(Cl)s2)nc2c1ncn2[C@H]1[C@H](O)[C@H](O)[C@]2(C#N)C[C@H]12. The van der Waals surface area contributed by atoms with Crippen molar-refractivity contribution in [3.05, 3.63) is 22.8 Å². The van der Waals surface area contributed by atoms with Crippen LogP contribution in [0.5, 0.6) is 0 Å². The monoisotopic (exact) mass is 430 g/mol. The maximum atomic E-state index is 10.7. The van der Waals surface area contributed by atoms with Crippen LogP contribution in [0.25, 0.3) is 21.9 Å².